The van der Waals surface area contributed by atoms with Crippen LogP contribution >= 0.6 is 8.53 Å². The van der Waals surface area contributed by atoms with Crippen molar-refractivity contribution in [2.75, 3.05) is 0 Å². The lowest BCUT2D eigenvalue weighted by atomic mass is 9.60. The molecule has 0 fully saturated rings. The highest BCUT2D eigenvalue weighted by atomic mass is 31.2. The molecule has 5 aromatic carbocycles. The zero-order valence-electron chi connectivity index (χ0n) is 26.3. The standard InChI is InChI=1S/C41H34NO4P/c1-27(29-15-5-3-6-16-29)42(28(2)30-17-7-4-8-18-30)47-45-37-25-13-23-35-39(37)41(31-19-9-11-21-33(31)43-35)32-20-10-12-22-34(32)44-36-24-14-26-38(46-47)40(36)41/h3-9,11,13-28H,10,12H2,1-2H3/t27-,28-,41+,47?/m1/s1. The monoisotopic (exact) mass is 635 g/mol. The molecule has 3 aliphatic heterocycles. The molecule has 0 saturated heterocycles. The van der Waals surface area contributed by atoms with Crippen molar-refractivity contribution in [1.29, 1.82) is 0 Å². The molecular weight excluding hydrogens is 601 g/mol. The SMILES string of the molecule is C[C@H](c1ccccc1)N([C@H](C)c1ccccc1)P1Oc2cccc3c2[C@]2(C4=CCCC=C4O3)c3ccccc3Oc3cccc(c32)O1. The molecule has 1 unspecified atom stereocenters. The molecule has 5 nitrogen and oxygen atoms in total. The Hall–Kier alpha value is -4.83. The molecule has 9 rings (SSSR count). The normalized spacial score (nSPS) is 21.2. The first-order chi connectivity index (χ1) is 23.1. The molecule has 0 bridgehead atoms. The van der Waals surface area contributed by atoms with E-state index in [1.165, 1.54) is 11.1 Å². The lowest BCUT2D eigenvalue weighted by Gasteiger charge is -2.49. The lowest BCUT2D eigenvalue weighted by Crippen LogP contribution is -2.41. The van der Waals surface area contributed by atoms with Crippen LogP contribution in [-0.2, 0) is 5.41 Å². The van der Waals surface area contributed by atoms with Gasteiger partial charge in [-0.15, -0.1) is 0 Å². The van der Waals surface area contributed by atoms with Crippen LogP contribution in [0, 0.1) is 0 Å². The van der Waals surface area contributed by atoms with Gasteiger partial charge in [-0.05, 0) is 74.2 Å². The fraction of sp³-hybridized carbons (Fsp3) is 0.171. The van der Waals surface area contributed by atoms with E-state index >= 15 is 0 Å². The van der Waals surface area contributed by atoms with Crippen molar-refractivity contribution in [3.63, 3.8) is 0 Å². The van der Waals surface area contributed by atoms with Crippen molar-refractivity contribution >= 4 is 8.53 Å². The van der Waals surface area contributed by atoms with E-state index in [4.69, 9.17) is 18.5 Å². The zero-order chi connectivity index (χ0) is 31.5. The van der Waals surface area contributed by atoms with Gasteiger partial charge in [-0.1, -0.05) is 97.1 Å². The molecule has 5 aromatic rings. The molecule has 0 aromatic heterocycles. The van der Waals surface area contributed by atoms with E-state index in [-0.39, 0.29) is 12.1 Å². The maximum Gasteiger partial charge on any atom is 0.385 e. The molecule has 1 spiro atoms. The quantitative estimate of drug-likeness (QED) is 0.180. The van der Waals surface area contributed by atoms with E-state index in [0.29, 0.717) is 0 Å². The smallest absolute Gasteiger partial charge is 0.385 e. The number of hydrogen-bond acceptors (Lipinski definition) is 5. The summed E-state index contributed by atoms with van der Waals surface area (Å²) in [5.41, 5.74) is 5.78. The third kappa shape index (κ3) is 4.30. The average molecular weight is 636 g/mol. The third-order valence-electron chi connectivity index (χ3n) is 9.87. The van der Waals surface area contributed by atoms with Gasteiger partial charge in [0.05, 0.1) is 16.5 Å². The molecule has 4 aliphatic rings. The number of fused-ring (bicyclic) bond motifs is 2. The Bertz CT molecular complexity index is 2010. The first kappa shape index (κ1) is 28.4. The molecule has 232 valence electrons. The Morgan fingerprint density at radius 1 is 0.553 bits per heavy atom. The molecule has 1 aliphatic carbocycles. The van der Waals surface area contributed by atoms with Gasteiger partial charge < -0.3 is 18.5 Å². The van der Waals surface area contributed by atoms with Crippen LogP contribution in [0.25, 0.3) is 0 Å². The van der Waals surface area contributed by atoms with Crippen LogP contribution in [0.3, 0.4) is 0 Å². The van der Waals surface area contributed by atoms with Crippen molar-refractivity contribution in [3.05, 3.63) is 173 Å². The Morgan fingerprint density at radius 2 is 1.06 bits per heavy atom. The summed E-state index contributed by atoms with van der Waals surface area (Å²) in [6, 6.07) is 41.8. The summed E-state index contributed by atoms with van der Waals surface area (Å²) >= 11 is 0. The first-order valence-corrected chi connectivity index (χ1v) is 17.4. The third-order valence-corrected chi connectivity index (χ3v) is 11.6. The summed E-state index contributed by atoms with van der Waals surface area (Å²) in [6.45, 7) is 4.47. The number of nitrogens with zero attached hydrogens (tertiary/aromatic N) is 1. The largest absolute Gasteiger partial charge is 0.457 e. The highest BCUT2D eigenvalue weighted by Crippen LogP contribution is 2.68. The van der Waals surface area contributed by atoms with E-state index in [2.05, 4.69) is 134 Å². The molecule has 3 heterocycles. The summed E-state index contributed by atoms with van der Waals surface area (Å²) in [5, 5.41) is 0. The number of benzene rings is 5. The van der Waals surface area contributed by atoms with Crippen LogP contribution < -0.4 is 18.5 Å². The number of para-hydroxylation sites is 1. The van der Waals surface area contributed by atoms with E-state index in [0.717, 1.165) is 69.6 Å². The Morgan fingerprint density at radius 3 is 1.70 bits per heavy atom. The second kappa shape index (κ2) is 11.2. The van der Waals surface area contributed by atoms with Crippen molar-refractivity contribution in [1.82, 2.24) is 4.67 Å². The Balaban J connectivity index is 1.32. The van der Waals surface area contributed by atoms with Gasteiger partial charge in [0, 0.05) is 23.2 Å². The van der Waals surface area contributed by atoms with Gasteiger partial charge in [0.2, 0.25) is 0 Å². The summed E-state index contributed by atoms with van der Waals surface area (Å²) in [4.78, 5) is 0. The Kier molecular flexibility index (Phi) is 6.74. The molecule has 0 saturated carbocycles. The van der Waals surface area contributed by atoms with Crippen molar-refractivity contribution < 1.29 is 18.5 Å². The van der Waals surface area contributed by atoms with Crippen LogP contribution in [0.1, 0.15) is 66.6 Å². The lowest BCUT2D eigenvalue weighted by molar-refractivity contribution is 0.242. The van der Waals surface area contributed by atoms with E-state index in [1.807, 2.05) is 18.2 Å². The van der Waals surface area contributed by atoms with Crippen LogP contribution in [-0.4, -0.2) is 4.67 Å². The molecule has 0 N–H and O–H groups in total. The van der Waals surface area contributed by atoms with Gasteiger partial charge in [0.25, 0.3) is 0 Å². The Labute approximate surface area is 276 Å². The predicted molar refractivity (Wildman–Crippen MR) is 185 cm³/mol. The van der Waals surface area contributed by atoms with Gasteiger partial charge in [0.15, 0.2) is 0 Å². The predicted octanol–water partition coefficient (Wildman–Crippen LogP) is 10.9. The fourth-order valence-corrected chi connectivity index (χ4v) is 9.45. The minimum absolute atomic E-state index is 0.0235. The topological polar surface area (TPSA) is 40.2 Å². The fourth-order valence-electron chi connectivity index (χ4n) is 7.75. The number of allylic oxidation sites excluding steroid dienone is 3. The van der Waals surface area contributed by atoms with E-state index in [1.54, 1.807) is 0 Å². The minimum atomic E-state index is -1.70. The number of ether oxygens (including phenoxy) is 2. The highest BCUT2D eigenvalue weighted by molar-refractivity contribution is 7.45. The summed E-state index contributed by atoms with van der Waals surface area (Å²) in [5.74, 6) is 4.79. The average Bonchev–Trinajstić information content (AvgIpc) is 3.11. The van der Waals surface area contributed by atoms with Gasteiger partial charge in [0.1, 0.15) is 34.5 Å². The van der Waals surface area contributed by atoms with Gasteiger partial charge in [-0.25, -0.2) is 4.67 Å². The van der Waals surface area contributed by atoms with Crippen LogP contribution in [0.2, 0.25) is 0 Å². The molecule has 4 atom stereocenters. The van der Waals surface area contributed by atoms with Gasteiger partial charge >= 0.3 is 8.53 Å². The van der Waals surface area contributed by atoms with Crippen LogP contribution in [0.4, 0.5) is 0 Å². The summed E-state index contributed by atoms with van der Waals surface area (Å²) < 4.78 is 30.4. The minimum Gasteiger partial charge on any atom is -0.457 e. The number of hydrogen-bond donors (Lipinski definition) is 0. The molecule has 47 heavy (non-hydrogen) atoms. The van der Waals surface area contributed by atoms with Gasteiger partial charge in [-0.3, -0.25) is 0 Å². The van der Waals surface area contributed by atoms with E-state index in [9.17, 15) is 0 Å². The first-order valence-electron chi connectivity index (χ1n) is 16.3. The van der Waals surface area contributed by atoms with Crippen LogP contribution in [0.15, 0.2) is 145 Å². The van der Waals surface area contributed by atoms with Crippen molar-refractivity contribution in [3.8, 4) is 28.7 Å². The highest BCUT2D eigenvalue weighted by Gasteiger charge is 2.57. The second-order valence-corrected chi connectivity index (χ2v) is 13.7. The zero-order valence-corrected chi connectivity index (χ0v) is 27.2. The van der Waals surface area contributed by atoms with Crippen molar-refractivity contribution in [2.24, 2.45) is 0 Å². The number of rotatable bonds is 5. The molecular formula is C41H34NO4P. The summed E-state index contributed by atoms with van der Waals surface area (Å²) in [7, 11) is -1.70. The van der Waals surface area contributed by atoms with Gasteiger partial charge in [-0.2, -0.15) is 0 Å². The maximum atomic E-state index is 7.27. The van der Waals surface area contributed by atoms with Crippen LogP contribution in [0.5, 0.6) is 28.7 Å². The maximum absolute atomic E-state index is 7.27. The second-order valence-electron chi connectivity index (χ2n) is 12.4. The molecule has 0 amide bonds. The van der Waals surface area contributed by atoms with E-state index < -0.39 is 13.9 Å². The molecule has 0 radical (unpaired) electrons. The molecule has 6 heteroatoms. The summed E-state index contributed by atoms with van der Waals surface area (Å²) in [6.07, 6.45) is 6.41. The van der Waals surface area contributed by atoms with Crippen molar-refractivity contribution in [2.45, 2.75) is 44.2 Å².